The normalized spacial score (nSPS) is 10.2. The summed E-state index contributed by atoms with van der Waals surface area (Å²) >= 11 is 3.11. The van der Waals surface area contributed by atoms with Crippen molar-refractivity contribution in [1.29, 1.82) is 0 Å². The maximum Gasteiger partial charge on any atom is 0.259 e. The monoisotopic (exact) mass is 325 g/mol. The third-order valence-corrected chi connectivity index (χ3v) is 3.06. The van der Waals surface area contributed by atoms with Crippen LogP contribution < -0.4 is 5.32 Å². The molecule has 0 aromatic heterocycles. The molecule has 0 saturated heterocycles. The standard InChI is InChI=1S/C13H9BrFNO3/c14-10-5-7(15)1-3-11(10)16-13(19)9-6-8(17)2-4-12(9)18/h1-6,17-18H,(H,16,19). The molecule has 0 bridgehead atoms. The largest absolute Gasteiger partial charge is 0.508 e. The van der Waals surface area contributed by atoms with E-state index in [1.165, 1.54) is 30.3 Å². The number of anilines is 1. The van der Waals surface area contributed by atoms with E-state index < -0.39 is 11.7 Å². The predicted octanol–water partition coefficient (Wildman–Crippen LogP) is 3.25. The third kappa shape index (κ3) is 3.03. The lowest BCUT2D eigenvalue weighted by molar-refractivity contribution is 0.102. The Balaban J connectivity index is 2.28. The van der Waals surface area contributed by atoms with E-state index in [1.54, 1.807) is 0 Å². The first-order chi connectivity index (χ1) is 8.97. The van der Waals surface area contributed by atoms with Crippen LogP contribution in [-0.4, -0.2) is 16.1 Å². The zero-order valence-electron chi connectivity index (χ0n) is 9.52. The molecule has 19 heavy (non-hydrogen) atoms. The minimum Gasteiger partial charge on any atom is -0.508 e. The summed E-state index contributed by atoms with van der Waals surface area (Å²) in [5.74, 6) is -1.44. The lowest BCUT2D eigenvalue weighted by Gasteiger charge is -2.09. The molecule has 0 aliphatic rings. The fourth-order valence-electron chi connectivity index (χ4n) is 1.49. The Morgan fingerprint density at radius 3 is 2.58 bits per heavy atom. The number of nitrogens with one attached hydrogen (secondary N) is 1. The summed E-state index contributed by atoms with van der Waals surface area (Å²) in [6.45, 7) is 0. The molecule has 3 N–H and O–H groups in total. The van der Waals surface area contributed by atoms with E-state index in [0.717, 1.165) is 6.07 Å². The SMILES string of the molecule is O=C(Nc1ccc(F)cc1Br)c1cc(O)ccc1O. The summed E-state index contributed by atoms with van der Waals surface area (Å²) in [7, 11) is 0. The van der Waals surface area contributed by atoms with Crippen molar-refractivity contribution in [3.05, 3.63) is 52.3 Å². The Morgan fingerprint density at radius 2 is 1.89 bits per heavy atom. The molecule has 0 saturated carbocycles. The van der Waals surface area contributed by atoms with Crippen molar-refractivity contribution in [1.82, 2.24) is 0 Å². The number of hydrogen-bond acceptors (Lipinski definition) is 3. The van der Waals surface area contributed by atoms with Gasteiger partial charge in [0, 0.05) is 4.47 Å². The smallest absolute Gasteiger partial charge is 0.259 e. The number of phenols is 2. The molecule has 98 valence electrons. The molecule has 0 spiro atoms. The second kappa shape index (κ2) is 5.27. The highest BCUT2D eigenvalue weighted by atomic mass is 79.9. The van der Waals surface area contributed by atoms with Crippen LogP contribution >= 0.6 is 15.9 Å². The molecule has 0 fully saturated rings. The predicted molar refractivity (Wildman–Crippen MR) is 71.8 cm³/mol. The topological polar surface area (TPSA) is 69.6 Å². The number of hydrogen-bond donors (Lipinski definition) is 3. The van der Waals surface area contributed by atoms with E-state index in [1.807, 2.05) is 0 Å². The molecule has 1 amide bonds. The first kappa shape index (κ1) is 13.4. The molecule has 0 heterocycles. The van der Waals surface area contributed by atoms with Gasteiger partial charge in [-0.05, 0) is 52.3 Å². The van der Waals surface area contributed by atoms with Crippen LogP contribution in [0.3, 0.4) is 0 Å². The molecule has 0 aliphatic heterocycles. The second-order valence-corrected chi connectivity index (χ2v) is 4.63. The van der Waals surface area contributed by atoms with Gasteiger partial charge in [0.1, 0.15) is 17.3 Å². The zero-order chi connectivity index (χ0) is 14.0. The molecule has 2 aromatic rings. The Hall–Kier alpha value is -2.08. The molecular formula is C13H9BrFNO3. The zero-order valence-corrected chi connectivity index (χ0v) is 11.1. The summed E-state index contributed by atoms with van der Waals surface area (Å²) in [6, 6.07) is 7.41. The van der Waals surface area contributed by atoms with Crippen molar-refractivity contribution >= 4 is 27.5 Å². The highest BCUT2D eigenvalue weighted by Gasteiger charge is 2.13. The highest BCUT2D eigenvalue weighted by molar-refractivity contribution is 9.10. The number of benzene rings is 2. The van der Waals surface area contributed by atoms with Gasteiger partial charge in [0.2, 0.25) is 0 Å². The highest BCUT2D eigenvalue weighted by Crippen LogP contribution is 2.26. The van der Waals surface area contributed by atoms with E-state index in [0.29, 0.717) is 10.2 Å². The van der Waals surface area contributed by atoms with Crippen molar-refractivity contribution < 1.29 is 19.4 Å². The van der Waals surface area contributed by atoms with Crippen LogP contribution in [-0.2, 0) is 0 Å². The van der Waals surface area contributed by atoms with Gasteiger partial charge in [0.25, 0.3) is 5.91 Å². The Kier molecular flexibility index (Phi) is 3.71. The summed E-state index contributed by atoms with van der Waals surface area (Å²) in [5, 5.41) is 21.3. The van der Waals surface area contributed by atoms with Gasteiger partial charge in [0.15, 0.2) is 0 Å². The molecule has 0 radical (unpaired) electrons. The number of halogens is 2. The average Bonchev–Trinajstić information content (AvgIpc) is 2.35. The fraction of sp³-hybridized carbons (Fsp3) is 0. The fourth-order valence-corrected chi connectivity index (χ4v) is 1.94. The van der Waals surface area contributed by atoms with Crippen molar-refractivity contribution in [3.63, 3.8) is 0 Å². The third-order valence-electron chi connectivity index (χ3n) is 2.40. The summed E-state index contributed by atoms with van der Waals surface area (Å²) in [5.41, 5.74) is 0.283. The van der Waals surface area contributed by atoms with Gasteiger partial charge in [-0.15, -0.1) is 0 Å². The van der Waals surface area contributed by atoms with Crippen molar-refractivity contribution in [3.8, 4) is 11.5 Å². The second-order valence-electron chi connectivity index (χ2n) is 3.78. The van der Waals surface area contributed by atoms with Gasteiger partial charge in [-0.3, -0.25) is 4.79 Å². The van der Waals surface area contributed by atoms with E-state index in [-0.39, 0.29) is 17.1 Å². The number of carbonyl (C=O) groups is 1. The molecular weight excluding hydrogens is 317 g/mol. The van der Waals surface area contributed by atoms with Gasteiger partial charge in [-0.1, -0.05) is 0 Å². The van der Waals surface area contributed by atoms with Crippen LogP contribution in [0.25, 0.3) is 0 Å². The first-order valence-electron chi connectivity index (χ1n) is 5.26. The Morgan fingerprint density at radius 1 is 1.16 bits per heavy atom. The lowest BCUT2D eigenvalue weighted by Crippen LogP contribution is -2.12. The van der Waals surface area contributed by atoms with Crippen LogP contribution in [0, 0.1) is 5.82 Å². The van der Waals surface area contributed by atoms with Crippen LogP contribution in [0.2, 0.25) is 0 Å². The average molecular weight is 326 g/mol. The van der Waals surface area contributed by atoms with E-state index in [9.17, 15) is 19.4 Å². The number of carbonyl (C=O) groups excluding carboxylic acids is 1. The molecule has 6 heteroatoms. The van der Waals surface area contributed by atoms with Crippen LogP contribution in [0.15, 0.2) is 40.9 Å². The molecule has 2 aromatic carbocycles. The van der Waals surface area contributed by atoms with Crippen LogP contribution in [0.4, 0.5) is 10.1 Å². The van der Waals surface area contributed by atoms with Gasteiger partial charge < -0.3 is 15.5 Å². The minimum atomic E-state index is -0.610. The number of amides is 1. The molecule has 0 unspecified atom stereocenters. The molecule has 0 aliphatic carbocycles. The van der Waals surface area contributed by atoms with Crippen molar-refractivity contribution in [2.45, 2.75) is 0 Å². The Labute approximate surface area is 116 Å². The van der Waals surface area contributed by atoms with Crippen molar-refractivity contribution in [2.75, 3.05) is 5.32 Å². The number of rotatable bonds is 2. The van der Waals surface area contributed by atoms with Crippen LogP contribution in [0.5, 0.6) is 11.5 Å². The summed E-state index contributed by atoms with van der Waals surface area (Å²) < 4.78 is 13.3. The molecule has 4 nitrogen and oxygen atoms in total. The van der Waals surface area contributed by atoms with Gasteiger partial charge in [-0.2, -0.15) is 0 Å². The van der Waals surface area contributed by atoms with Crippen LogP contribution in [0.1, 0.15) is 10.4 Å². The lowest BCUT2D eigenvalue weighted by atomic mass is 10.1. The van der Waals surface area contributed by atoms with Gasteiger partial charge in [0.05, 0.1) is 11.3 Å². The first-order valence-corrected chi connectivity index (χ1v) is 6.05. The maximum atomic E-state index is 12.9. The summed E-state index contributed by atoms with van der Waals surface area (Å²) in [4.78, 5) is 11.9. The van der Waals surface area contributed by atoms with E-state index in [4.69, 9.17) is 0 Å². The van der Waals surface area contributed by atoms with E-state index in [2.05, 4.69) is 21.2 Å². The molecule has 0 atom stereocenters. The van der Waals surface area contributed by atoms with Gasteiger partial charge in [-0.25, -0.2) is 4.39 Å². The summed E-state index contributed by atoms with van der Waals surface area (Å²) in [6.07, 6.45) is 0. The number of phenolic OH excluding ortho intramolecular Hbond substituents is 2. The molecule has 2 rings (SSSR count). The van der Waals surface area contributed by atoms with Gasteiger partial charge >= 0.3 is 0 Å². The van der Waals surface area contributed by atoms with E-state index >= 15 is 0 Å². The number of aromatic hydroxyl groups is 2. The maximum absolute atomic E-state index is 12.9. The quantitative estimate of drug-likeness (QED) is 0.742. The minimum absolute atomic E-state index is 0.0729. The Bertz CT molecular complexity index is 646. The van der Waals surface area contributed by atoms with Crippen molar-refractivity contribution in [2.24, 2.45) is 0 Å².